The maximum Gasteiger partial charge on any atom is 0.257 e. The van der Waals surface area contributed by atoms with Crippen LogP contribution in [0.15, 0.2) is 12.1 Å². The number of halogens is 4. The van der Waals surface area contributed by atoms with E-state index in [1.54, 1.807) is 0 Å². The highest BCUT2D eigenvalue weighted by molar-refractivity contribution is 6.19. The van der Waals surface area contributed by atoms with Gasteiger partial charge in [0.05, 0.1) is 5.54 Å². The van der Waals surface area contributed by atoms with Gasteiger partial charge in [-0.15, -0.1) is 11.6 Å². The molecule has 1 N–H and O–H groups in total. The molecule has 0 atom stereocenters. The standard InChI is InChI=1S/C11H9ClF3NO/c12-5-11(1-2-11)16-10(17)9-7(14)3-6(13)4-8(9)15/h3-4H,1-2,5H2,(H,16,17). The molecule has 0 aromatic heterocycles. The van der Waals surface area contributed by atoms with Gasteiger partial charge >= 0.3 is 0 Å². The van der Waals surface area contributed by atoms with Crippen LogP contribution in [-0.4, -0.2) is 17.3 Å². The third-order valence-electron chi connectivity index (χ3n) is 2.72. The van der Waals surface area contributed by atoms with Crippen molar-refractivity contribution in [2.24, 2.45) is 0 Å². The van der Waals surface area contributed by atoms with Crippen LogP contribution >= 0.6 is 11.6 Å². The van der Waals surface area contributed by atoms with Gasteiger partial charge in [-0.25, -0.2) is 13.2 Å². The minimum absolute atomic E-state index is 0.184. The summed E-state index contributed by atoms with van der Waals surface area (Å²) in [4.78, 5) is 11.6. The van der Waals surface area contributed by atoms with E-state index < -0.39 is 34.5 Å². The first-order valence-corrected chi connectivity index (χ1v) is 5.54. The Morgan fingerprint density at radius 3 is 2.24 bits per heavy atom. The lowest BCUT2D eigenvalue weighted by molar-refractivity contribution is 0.0927. The zero-order valence-electron chi connectivity index (χ0n) is 8.70. The van der Waals surface area contributed by atoms with E-state index in [0.717, 1.165) is 0 Å². The van der Waals surface area contributed by atoms with Gasteiger partial charge in [-0.3, -0.25) is 4.79 Å². The highest BCUT2D eigenvalue weighted by atomic mass is 35.5. The third-order valence-corrected chi connectivity index (χ3v) is 3.23. The van der Waals surface area contributed by atoms with Crippen LogP contribution in [0.3, 0.4) is 0 Å². The van der Waals surface area contributed by atoms with Crippen LogP contribution in [0.1, 0.15) is 23.2 Å². The summed E-state index contributed by atoms with van der Waals surface area (Å²) in [5.41, 5.74) is -1.34. The zero-order valence-corrected chi connectivity index (χ0v) is 9.45. The first-order chi connectivity index (χ1) is 7.97. The topological polar surface area (TPSA) is 29.1 Å². The van der Waals surface area contributed by atoms with E-state index in [2.05, 4.69) is 5.32 Å². The normalized spacial score (nSPS) is 16.7. The second kappa shape index (κ2) is 4.22. The van der Waals surface area contributed by atoms with Crippen LogP contribution in [0.4, 0.5) is 13.2 Å². The summed E-state index contributed by atoms with van der Waals surface area (Å²) in [6.45, 7) is 0. The fraction of sp³-hybridized carbons (Fsp3) is 0.364. The molecule has 1 aliphatic rings. The van der Waals surface area contributed by atoms with Gasteiger partial charge in [-0.1, -0.05) is 0 Å². The molecule has 2 rings (SSSR count). The van der Waals surface area contributed by atoms with Crippen molar-refractivity contribution in [1.29, 1.82) is 0 Å². The van der Waals surface area contributed by atoms with Gasteiger partial charge in [-0.2, -0.15) is 0 Å². The molecule has 1 fully saturated rings. The minimum atomic E-state index is -1.22. The number of carbonyl (C=O) groups is 1. The fourth-order valence-electron chi connectivity index (χ4n) is 1.51. The van der Waals surface area contributed by atoms with Crippen LogP contribution in [0.2, 0.25) is 0 Å². The van der Waals surface area contributed by atoms with E-state index in [9.17, 15) is 18.0 Å². The third kappa shape index (κ3) is 2.39. The van der Waals surface area contributed by atoms with E-state index in [1.807, 2.05) is 0 Å². The zero-order chi connectivity index (χ0) is 12.6. The van der Waals surface area contributed by atoms with Crippen molar-refractivity contribution in [3.63, 3.8) is 0 Å². The molecule has 17 heavy (non-hydrogen) atoms. The van der Waals surface area contributed by atoms with Crippen molar-refractivity contribution in [3.05, 3.63) is 35.1 Å². The molecule has 0 bridgehead atoms. The smallest absolute Gasteiger partial charge is 0.257 e. The molecule has 1 aromatic carbocycles. The quantitative estimate of drug-likeness (QED) is 0.835. The fourth-order valence-corrected chi connectivity index (χ4v) is 1.84. The number of amides is 1. The van der Waals surface area contributed by atoms with Crippen molar-refractivity contribution in [3.8, 4) is 0 Å². The van der Waals surface area contributed by atoms with E-state index in [1.165, 1.54) is 0 Å². The maximum absolute atomic E-state index is 13.3. The first kappa shape index (κ1) is 12.2. The number of nitrogens with one attached hydrogen (secondary N) is 1. The Morgan fingerprint density at radius 1 is 1.29 bits per heavy atom. The van der Waals surface area contributed by atoms with Gasteiger partial charge < -0.3 is 5.32 Å². The average Bonchev–Trinajstić information content (AvgIpc) is 2.96. The van der Waals surface area contributed by atoms with Gasteiger partial charge in [0.2, 0.25) is 0 Å². The number of hydrogen-bond donors (Lipinski definition) is 1. The summed E-state index contributed by atoms with van der Waals surface area (Å²) in [7, 11) is 0. The summed E-state index contributed by atoms with van der Waals surface area (Å²) in [6.07, 6.45) is 1.35. The van der Waals surface area contributed by atoms with Gasteiger partial charge in [0.1, 0.15) is 23.0 Å². The van der Waals surface area contributed by atoms with Gasteiger partial charge in [0.25, 0.3) is 5.91 Å². The Morgan fingerprint density at radius 2 is 1.82 bits per heavy atom. The van der Waals surface area contributed by atoms with Crippen LogP contribution in [0.5, 0.6) is 0 Å². The lowest BCUT2D eigenvalue weighted by Crippen LogP contribution is -2.39. The predicted octanol–water partition coefficient (Wildman–Crippen LogP) is 2.61. The van der Waals surface area contributed by atoms with E-state index in [4.69, 9.17) is 11.6 Å². The summed E-state index contributed by atoms with van der Waals surface area (Å²) in [6, 6.07) is 0.941. The molecule has 0 spiro atoms. The molecule has 1 aromatic rings. The lowest BCUT2D eigenvalue weighted by Gasteiger charge is -2.14. The van der Waals surface area contributed by atoms with Crippen LogP contribution in [-0.2, 0) is 0 Å². The second-order valence-corrected chi connectivity index (χ2v) is 4.38. The Labute approximate surface area is 101 Å². The van der Waals surface area contributed by atoms with Crippen molar-refractivity contribution in [2.75, 3.05) is 5.88 Å². The van der Waals surface area contributed by atoms with Crippen molar-refractivity contribution in [1.82, 2.24) is 5.32 Å². The molecule has 1 saturated carbocycles. The second-order valence-electron chi connectivity index (χ2n) is 4.11. The number of hydrogen-bond acceptors (Lipinski definition) is 1. The van der Waals surface area contributed by atoms with E-state index in [0.29, 0.717) is 25.0 Å². The molecule has 2 nitrogen and oxygen atoms in total. The summed E-state index contributed by atoms with van der Waals surface area (Å²) >= 11 is 5.63. The Hall–Kier alpha value is -1.23. The molecular weight excluding hydrogens is 255 g/mol. The number of benzene rings is 1. The Bertz CT molecular complexity index is 451. The van der Waals surface area contributed by atoms with Crippen molar-refractivity contribution < 1.29 is 18.0 Å². The number of carbonyl (C=O) groups excluding carboxylic acids is 1. The minimum Gasteiger partial charge on any atom is -0.345 e. The largest absolute Gasteiger partial charge is 0.345 e. The van der Waals surface area contributed by atoms with E-state index in [-0.39, 0.29) is 5.88 Å². The molecule has 6 heteroatoms. The molecule has 0 aliphatic heterocycles. The molecule has 1 amide bonds. The molecular formula is C11H9ClF3NO. The highest BCUT2D eigenvalue weighted by Gasteiger charge is 2.43. The highest BCUT2D eigenvalue weighted by Crippen LogP contribution is 2.36. The number of alkyl halides is 1. The van der Waals surface area contributed by atoms with E-state index >= 15 is 0 Å². The number of rotatable bonds is 3. The molecule has 92 valence electrons. The molecule has 0 saturated heterocycles. The molecule has 1 aliphatic carbocycles. The monoisotopic (exact) mass is 263 g/mol. The molecule has 0 unspecified atom stereocenters. The van der Waals surface area contributed by atoms with Crippen LogP contribution in [0, 0.1) is 17.5 Å². The van der Waals surface area contributed by atoms with Crippen molar-refractivity contribution >= 4 is 17.5 Å². The Balaban J connectivity index is 2.25. The van der Waals surface area contributed by atoms with Gasteiger partial charge in [0, 0.05) is 18.0 Å². The van der Waals surface area contributed by atoms with Gasteiger partial charge in [-0.05, 0) is 12.8 Å². The van der Waals surface area contributed by atoms with Gasteiger partial charge in [0.15, 0.2) is 0 Å². The maximum atomic E-state index is 13.3. The molecule has 0 heterocycles. The summed E-state index contributed by atoms with van der Waals surface area (Å²) < 4.78 is 39.2. The van der Waals surface area contributed by atoms with Crippen LogP contribution in [0.25, 0.3) is 0 Å². The summed E-state index contributed by atoms with van der Waals surface area (Å²) in [5.74, 6) is -4.22. The van der Waals surface area contributed by atoms with Crippen LogP contribution < -0.4 is 5.32 Å². The predicted molar refractivity (Wildman–Crippen MR) is 56.5 cm³/mol. The first-order valence-electron chi connectivity index (χ1n) is 5.00. The lowest BCUT2D eigenvalue weighted by atomic mass is 10.1. The molecule has 0 radical (unpaired) electrons. The van der Waals surface area contributed by atoms with Crippen molar-refractivity contribution in [2.45, 2.75) is 18.4 Å². The SMILES string of the molecule is O=C(NC1(CCl)CC1)c1c(F)cc(F)cc1F. The summed E-state index contributed by atoms with van der Waals surface area (Å²) in [5, 5.41) is 2.46. The Kier molecular flexibility index (Phi) is 3.03. The average molecular weight is 264 g/mol.